The van der Waals surface area contributed by atoms with Gasteiger partial charge in [-0.1, -0.05) is 29.8 Å². The Morgan fingerprint density at radius 3 is 2.12 bits per heavy atom. The van der Waals surface area contributed by atoms with Gasteiger partial charge in [-0.2, -0.15) is 0 Å². The second-order valence-electron chi connectivity index (χ2n) is 5.15. The molecule has 3 rings (SSSR count). The van der Waals surface area contributed by atoms with Crippen molar-refractivity contribution >= 4 is 29.0 Å². The number of hydrogen-bond acceptors (Lipinski definition) is 2. The molecular formula is C19H14ClFN2O2. The molecule has 0 bridgehead atoms. The molecular weight excluding hydrogens is 343 g/mol. The maximum Gasteiger partial charge on any atom is 0.323 e. The molecule has 0 aromatic heterocycles. The van der Waals surface area contributed by atoms with E-state index in [1.807, 2.05) is 30.3 Å². The topological polar surface area (TPSA) is 50.4 Å². The van der Waals surface area contributed by atoms with E-state index in [1.165, 1.54) is 18.2 Å². The third kappa shape index (κ3) is 4.71. The second kappa shape index (κ2) is 7.68. The van der Waals surface area contributed by atoms with Crippen molar-refractivity contribution < 1.29 is 13.9 Å². The number of benzene rings is 3. The van der Waals surface area contributed by atoms with Crippen molar-refractivity contribution in [3.05, 3.63) is 83.6 Å². The van der Waals surface area contributed by atoms with E-state index in [0.29, 0.717) is 17.1 Å². The summed E-state index contributed by atoms with van der Waals surface area (Å²) in [5.41, 5.74) is 0.985. The van der Waals surface area contributed by atoms with Gasteiger partial charge in [-0.3, -0.25) is 0 Å². The number of amides is 2. The highest BCUT2D eigenvalue weighted by Gasteiger charge is 2.06. The van der Waals surface area contributed by atoms with Crippen LogP contribution in [-0.2, 0) is 0 Å². The van der Waals surface area contributed by atoms with Gasteiger partial charge in [-0.05, 0) is 54.6 Å². The van der Waals surface area contributed by atoms with Crippen molar-refractivity contribution in [1.82, 2.24) is 0 Å². The number of rotatable bonds is 4. The Balaban J connectivity index is 1.59. The molecule has 0 saturated heterocycles. The van der Waals surface area contributed by atoms with Crippen LogP contribution in [0, 0.1) is 5.82 Å². The fourth-order valence-corrected chi connectivity index (χ4v) is 2.28. The average Bonchev–Trinajstić information content (AvgIpc) is 2.61. The second-order valence-corrected chi connectivity index (χ2v) is 5.55. The van der Waals surface area contributed by atoms with E-state index in [-0.39, 0.29) is 5.02 Å². The summed E-state index contributed by atoms with van der Waals surface area (Å²) in [6.45, 7) is 0. The highest BCUT2D eigenvalue weighted by molar-refractivity contribution is 6.31. The summed E-state index contributed by atoms with van der Waals surface area (Å²) in [6, 6.07) is 19.8. The third-order valence-corrected chi connectivity index (χ3v) is 3.56. The highest BCUT2D eigenvalue weighted by atomic mass is 35.5. The monoisotopic (exact) mass is 356 g/mol. The van der Waals surface area contributed by atoms with Crippen molar-refractivity contribution in [1.29, 1.82) is 0 Å². The van der Waals surface area contributed by atoms with E-state index in [1.54, 1.807) is 24.3 Å². The van der Waals surface area contributed by atoms with Gasteiger partial charge in [0, 0.05) is 11.4 Å². The SMILES string of the molecule is O=C(Nc1ccc(Oc2ccccc2)cc1)Nc1ccc(F)c(Cl)c1. The molecule has 0 heterocycles. The number of halogens is 2. The molecule has 6 heteroatoms. The van der Waals surface area contributed by atoms with Crippen LogP contribution in [0.3, 0.4) is 0 Å². The largest absolute Gasteiger partial charge is 0.457 e. The van der Waals surface area contributed by atoms with Gasteiger partial charge < -0.3 is 15.4 Å². The summed E-state index contributed by atoms with van der Waals surface area (Å²) in [5, 5.41) is 5.20. The minimum atomic E-state index is -0.540. The van der Waals surface area contributed by atoms with E-state index in [2.05, 4.69) is 10.6 Å². The van der Waals surface area contributed by atoms with Gasteiger partial charge in [0.05, 0.1) is 5.02 Å². The number of urea groups is 1. The molecule has 3 aromatic rings. The number of anilines is 2. The van der Waals surface area contributed by atoms with Crippen molar-refractivity contribution in [2.75, 3.05) is 10.6 Å². The van der Waals surface area contributed by atoms with Crippen LogP contribution >= 0.6 is 11.6 Å². The molecule has 0 radical (unpaired) electrons. The minimum absolute atomic E-state index is 0.0554. The maximum atomic E-state index is 13.1. The zero-order valence-corrected chi connectivity index (χ0v) is 13.8. The zero-order valence-electron chi connectivity index (χ0n) is 13.0. The summed E-state index contributed by atoms with van der Waals surface area (Å²) >= 11 is 5.68. The van der Waals surface area contributed by atoms with Gasteiger partial charge >= 0.3 is 6.03 Å². The van der Waals surface area contributed by atoms with Crippen LogP contribution in [0.15, 0.2) is 72.8 Å². The first-order valence-electron chi connectivity index (χ1n) is 7.46. The average molecular weight is 357 g/mol. The van der Waals surface area contributed by atoms with Crippen molar-refractivity contribution in [3.63, 3.8) is 0 Å². The summed E-state index contributed by atoms with van der Waals surface area (Å²) < 4.78 is 18.8. The lowest BCUT2D eigenvalue weighted by Gasteiger charge is -2.09. The first kappa shape index (κ1) is 16.8. The van der Waals surface area contributed by atoms with E-state index in [9.17, 15) is 9.18 Å². The summed E-state index contributed by atoms with van der Waals surface area (Å²) in [6.07, 6.45) is 0. The van der Waals surface area contributed by atoms with Gasteiger partial charge in [0.15, 0.2) is 0 Å². The molecule has 0 aliphatic carbocycles. The van der Waals surface area contributed by atoms with Gasteiger partial charge in [-0.15, -0.1) is 0 Å². The number of para-hydroxylation sites is 1. The zero-order chi connectivity index (χ0) is 17.6. The normalized spacial score (nSPS) is 10.2. The summed E-state index contributed by atoms with van der Waals surface area (Å²) in [5.74, 6) is 0.846. The van der Waals surface area contributed by atoms with Crippen LogP contribution in [0.4, 0.5) is 20.6 Å². The van der Waals surface area contributed by atoms with Crippen LogP contribution in [0.25, 0.3) is 0 Å². The van der Waals surface area contributed by atoms with Gasteiger partial charge in [0.25, 0.3) is 0 Å². The van der Waals surface area contributed by atoms with Crippen LogP contribution in [-0.4, -0.2) is 6.03 Å². The molecule has 2 amide bonds. The lowest BCUT2D eigenvalue weighted by atomic mass is 10.3. The summed E-state index contributed by atoms with van der Waals surface area (Å²) in [4.78, 5) is 12.0. The molecule has 0 aliphatic heterocycles. The van der Waals surface area contributed by atoms with Crippen LogP contribution < -0.4 is 15.4 Å². The molecule has 0 spiro atoms. The predicted octanol–water partition coefficient (Wildman–Crippen LogP) is 5.92. The predicted molar refractivity (Wildman–Crippen MR) is 97.0 cm³/mol. The van der Waals surface area contributed by atoms with Crippen molar-refractivity contribution in [2.45, 2.75) is 0 Å². The number of ether oxygens (including phenoxy) is 1. The van der Waals surface area contributed by atoms with E-state index < -0.39 is 11.8 Å². The first-order valence-corrected chi connectivity index (χ1v) is 7.84. The van der Waals surface area contributed by atoms with Crippen LogP contribution in [0.1, 0.15) is 0 Å². The molecule has 0 unspecified atom stereocenters. The smallest absolute Gasteiger partial charge is 0.323 e. The fraction of sp³-hybridized carbons (Fsp3) is 0. The lowest BCUT2D eigenvalue weighted by molar-refractivity contribution is 0.262. The molecule has 0 fully saturated rings. The number of hydrogen-bond donors (Lipinski definition) is 2. The Bertz CT molecular complexity index is 870. The molecule has 25 heavy (non-hydrogen) atoms. The quantitative estimate of drug-likeness (QED) is 0.610. The van der Waals surface area contributed by atoms with Crippen molar-refractivity contribution in [3.8, 4) is 11.5 Å². The number of nitrogens with one attached hydrogen (secondary N) is 2. The molecule has 0 saturated carbocycles. The Hall–Kier alpha value is -3.05. The van der Waals surface area contributed by atoms with Crippen LogP contribution in [0.5, 0.6) is 11.5 Å². The number of carbonyl (C=O) groups excluding carboxylic acids is 1. The Morgan fingerprint density at radius 2 is 1.44 bits per heavy atom. The van der Waals surface area contributed by atoms with Gasteiger partial charge in [0.2, 0.25) is 0 Å². The Labute approximate surface area is 149 Å². The standard InChI is InChI=1S/C19H14ClFN2O2/c20-17-12-14(8-11-18(17)21)23-19(24)22-13-6-9-16(10-7-13)25-15-4-2-1-3-5-15/h1-12H,(H2,22,23,24). The maximum absolute atomic E-state index is 13.1. The van der Waals surface area contributed by atoms with E-state index in [4.69, 9.17) is 16.3 Å². The first-order chi connectivity index (χ1) is 12.1. The molecule has 4 nitrogen and oxygen atoms in total. The molecule has 0 atom stereocenters. The van der Waals surface area contributed by atoms with Gasteiger partial charge in [-0.25, -0.2) is 9.18 Å². The highest BCUT2D eigenvalue weighted by Crippen LogP contribution is 2.23. The molecule has 0 aliphatic rings. The summed E-state index contributed by atoms with van der Waals surface area (Å²) in [7, 11) is 0. The fourth-order valence-electron chi connectivity index (χ4n) is 2.10. The van der Waals surface area contributed by atoms with Crippen LogP contribution in [0.2, 0.25) is 5.02 Å². The Kier molecular flexibility index (Phi) is 5.16. The van der Waals surface area contributed by atoms with Gasteiger partial charge in [0.1, 0.15) is 17.3 Å². The molecule has 126 valence electrons. The molecule has 3 aromatic carbocycles. The lowest BCUT2D eigenvalue weighted by Crippen LogP contribution is -2.19. The third-order valence-electron chi connectivity index (χ3n) is 3.27. The number of carbonyl (C=O) groups is 1. The minimum Gasteiger partial charge on any atom is -0.457 e. The van der Waals surface area contributed by atoms with E-state index in [0.717, 1.165) is 5.75 Å². The molecule has 2 N–H and O–H groups in total. The Morgan fingerprint density at radius 1 is 0.840 bits per heavy atom. The van der Waals surface area contributed by atoms with Crippen molar-refractivity contribution in [2.24, 2.45) is 0 Å². The van der Waals surface area contributed by atoms with E-state index >= 15 is 0 Å².